The molecule has 0 fully saturated rings. The summed E-state index contributed by atoms with van der Waals surface area (Å²) in [5.41, 5.74) is 12.1. The van der Waals surface area contributed by atoms with Crippen molar-refractivity contribution in [3.63, 3.8) is 0 Å². The molecular formula is C20H24N4O3. The summed E-state index contributed by atoms with van der Waals surface area (Å²) < 4.78 is 0. The van der Waals surface area contributed by atoms with Crippen molar-refractivity contribution in [1.29, 1.82) is 0 Å². The van der Waals surface area contributed by atoms with Crippen LogP contribution in [-0.4, -0.2) is 23.3 Å². The summed E-state index contributed by atoms with van der Waals surface area (Å²) >= 11 is 0. The number of nitrogens with one attached hydrogen (secondary N) is 2. The van der Waals surface area contributed by atoms with E-state index in [9.17, 15) is 14.4 Å². The highest BCUT2D eigenvalue weighted by Crippen LogP contribution is 2.17. The van der Waals surface area contributed by atoms with E-state index in [1.54, 1.807) is 12.1 Å². The van der Waals surface area contributed by atoms with Crippen LogP contribution < -0.4 is 22.1 Å². The number of nitrogens with two attached hydrogens (primary N) is 2. The number of benzene rings is 2. The van der Waals surface area contributed by atoms with E-state index in [4.69, 9.17) is 11.5 Å². The number of anilines is 1. The van der Waals surface area contributed by atoms with Crippen LogP contribution in [0.5, 0.6) is 0 Å². The topological polar surface area (TPSA) is 127 Å². The molecule has 0 aliphatic carbocycles. The Kier molecular flexibility index (Phi) is 6.31. The van der Waals surface area contributed by atoms with Gasteiger partial charge in [0, 0.05) is 17.8 Å². The van der Waals surface area contributed by atoms with Crippen LogP contribution in [0.2, 0.25) is 0 Å². The number of carbonyl (C=O) groups is 3. The molecule has 2 aromatic rings. The van der Waals surface area contributed by atoms with Gasteiger partial charge in [0.2, 0.25) is 11.8 Å². The van der Waals surface area contributed by atoms with Gasteiger partial charge in [-0.1, -0.05) is 30.3 Å². The van der Waals surface area contributed by atoms with Crippen molar-refractivity contribution >= 4 is 23.4 Å². The van der Waals surface area contributed by atoms with Crippen molar-refractivity contribution in [2.75, 3.05) is 5.32 Å². The van der Waals surface area contributed by atoms with Gasteiger partial charge in [-0.3, -0.25) is 14.4 Å². The van der Waals surface area contributed by atoms with Gasteiger partial charge in [-0.25, -0.2) is 0 Å². The summed E-state index contributed by atoms with van der Waals surface area (Å²) in [6.07, 6.45) is 0.212. The molecule has 6 N–H and O–H groups in total. The van der Waals surface area contributed by atoms with Gasteiger partial charge in [-0.05, 0) is 43.2 Å². The standard InChI is InChI=1S/C20H24N4O3/c1-20(2,19(22)27)24-18(26)15-8-14(12-21)9-16(11-15)23-17(25)10-13-6-4-3-5-7-13/h3-9,11H,10,12,21H2,1-2H3,(H2,22,27)(H,23,25)(H,24,26). The lowest BCUT2D eigenvalue weighted by Gasteiger charge is -2.22. The monoisotopic (exact) mass is 368 g/mol. The number of hydrogen-bond donors (Lipinski definition) is 4. The summed E-state index contributed by atoms with van der Waals surface area (Å²) in [5.74, 6) is -1.34. The first kappa shape index (κ1) is 20.1. The normalized spacial score (nSPS) is 10.9. The summed E-state index contributed by atoms with van der Waals surface area (Å²) in [4.78, 5) is 36.2. The molecule has 7 heteroatoms. The van der Waals surface area contributed by atoms with E-state index in [1.807, 2.05) is 30.3 Å². The molecule has 0 saturated heterocycles. The molecule has 0 spiro atoms. The molecule has 2 rings (SSSR count). The Hall–Kier alpha value is -3.19. The fourth-order valence-corrected chi connectivity index (χ4v) is 2.42. The van der Waals surface area contributed by atoms with Crippen molar-refractivity contribution in [3.8, 4) is 0 Å². The lowest BCUT2D eigenvalue weighted by atomic mass is 10.0. The maximum absolute atomic E-state index is 12.5. The van der Waals surface area contributed by atoms with Crippen LogP contribution in [-0.2, 0) is 22.6 Å². The Bertz CT molecular complexity index is 848. The largest absolute Gasteiger partial charge is 0.368 e. The van der Waals surface area contributed by atoms with Gasteiger partial charge in [0.05, 0.1) is 6.42 Å². The number of primary amides is 1. The fourth-order valence-electron chi connectivity index (χ4n) is 2.42. The molecule has 0 heterocycles. The molecule has 0 radical (unpaired) electrons. The molecule has 0 aliphatic rings. The van der Waals surface area contributed by atoms with Crippen LogP contribution in [0.3, 0.4) is 0 Å². The van der Waals surface area contributed by atoms with Crippen molar-refractivity contribution in [2.45, 2.75) is 32.4 Å². The highest BCUT2D eigenvalue weighted by molar-refractivity contribution is 6.00. The first-order valence-electron chi connectivity index (χ1n) is 8.51. The first-order chi connectivity index (χ1) is 12.7. The van der Waals surface area contributed by atoms with Gasteiger partial charge < -0.3 is 22.1 Å². The molecule has 3 amide bonds. The lowest BCUT2D eigenvalue weighted by Crippen LogP contribution is -2.53. The van der Waals surface area contributed by atoms with E-state index in [-0.39, 0.29) is 24.4 Å². The second-order valence-electron chi connectivity index (χ2n) is 6.78. The lowest BCUT2D eigenvalue weighted by molar-refractivity contribution is -0.122. The fraction of sp³-hybridized carbons (Fsp3) is 0.250. The zero-order valence-corrected chi connectivity index (χ0v) is 15.4. The average Bonchev–Trinajstić information content (AvgIpc) is 2.61. The maximum Gasteiger partial charge on any atom is 0.252 e. The highest BCUT2D eigenvalue weighted by atomic mass is 16.2. The molecule has 0 atom stereocenters. The van der Waals surface area contributed by atoms with Crippen LogP contribution >= 0.6 is 0 Å². The van der Waals surface area contributed by atoms with E-state index in [0.29, 0.717) is 11.3 Å². The van der Waals surface area contributed by atoms with Crippen molar-refractivity contribution < 1.29 is 14.4 Å². The van der Waals surface area contributed by atoms with Crippen LogP contribution in [0.15, 0.2) is 48.5 Å². The van der Waals surface area contributed by atoms with Crippen LogP contribution in [0.25, 0.3) is 0 Å². The van der Waals surface area contributed by atoms with Crippen molar-refractivity contribution in [1.82, 2.24) is 5.32 Å². The van der Waals surface area contributed by atoms with E-state index in [0.717, 1.165) is 5.56 Å². The zero-order chi connectivity index (χ0) is 20.0. The molecule has 142 valence electrons. The molecule has 2 aromatic carbocycles. The Morgan fingerprint density at radius 1 is 1.00 bits per heavy atom. The first-order valence-corrected chi connectivity index (χ1v) is 8.51. The van der Waals surface area contributed by atoms with Gasteiger partial charge in [0.15, 0.2) is 0 Å². The number of carbonyl (C=O) groups excluding carboxylic acids is 3. The molecule has 0 bridgehead atoms. The predicted octanol–water partition coefficient (Wildman–Crippen LogP) is 1.32. The Morgan fingerprint density at radius 3 is 2.26 bits per heavy atom. The summed E-state index contributed by atoms with van der Waals surface area (Å²) in [7, 11) is 0. The SMILES string of the molecule is CC(C)(NC(=O)c1cc(CN)cc(NC(=O)Cc2ccccc2)c1)C(N)=O. The Labute approximate surface area is 158 Å². The van der Waals surface area contributed by atoms with Gasteiger partial charge in [0.25, 0.3) is 5.91 Å². The van der Waals surface area contributed by atoms with Crippen LogP contribution in [0.1, 0.15) is 35.3 Å². The Balaban J connectivity index is 2.18. The van der Waals surface area contributed by atoms with E-state index in [1.165, 1.54) is 19.9 Å². The quantitative estimate of drug-likeness (QED) is 0.588. The summed E-state index contributed by atoms with van der Waals surface area (Å²) in [6, 6.07) is 14.2. The second kappa shape index (κ2) is 8.46. The Morgan fingerprint density at radius 2 is 1.67 bits per heavy atom. The predicted molar refractivity (Wildman–Crippen MR) is 104 cm³/mol. The van der Waals surface area contributed by atoms with E-state index >= 15 is 0 Å². The highest BCUT2D eigenvalue weighted by Gasteiger charge is 2.27. The third-order valence-corrected chi connectivity index (χ3v) is 4.02. The molecule has 7 nitrogen and oxygen atoms in total. The van der Waals surface area contributed by atoms with Gasteiger partial charge in [-0.2, -0.15) is 0 Å². The zero-order valence-electron chi connectivity index (χ0n) is 15.4. The number of hydrogen-bond acceptors (Lipinski definition) is 4. The summed E-state index contributed by atoms with van der Waals surface area (Å²) in [6.45, 7) is 3.23. The van der Waals surface area contributed by atoms with E-state index in [2.05, 4.69) is 10.6 Å². The van der Waals surface area contributed by atoms with Gasteiger partial charge in [0.1, 0.15) is 5.54 Å². The summed E-state index contributed by atoms with van der Waals surface area (Å²) in [5, 5.41) is 5.36. The molecule has 0 aromatic heterocycles. The van der Waals surface area contributed by atoms with Crippen LogP contribution in [0, 0.1) is 0 Å². The molecule has 0 aliphatic heterocycles. The average molecular weight is 368 g/mol. The third-order valence-electron chi connectivity index (χ3n) is 4.02. The van der Waals surface area contributed by atoms with Crippen molar-refractivity contribution in [3.05, 3.63) is 65.2 Å². The van der Waals surface area contributed by atoms with Crippen molar-refractivity contribution in [2.24, 2.45) is 11.5 Å². The van der Waals surface area contributed by atoms with Gasteiger partial charge >= 0.3 is 0 Å². The second-order valence-corrected chi connectivity index (χ2v) is 6.78. The molecular weight excluding hydrogens is 344 g/mol. The third kappa shape index (κ3) is 5.65. The smallest absolute Gasteiger partial charge is 0.252 e. The minimum absolute atomic E-state index is 0.196. The minimum atomic E-state index is -1.20. The molecule has 27 heavy (non-hydrogen) atoms. The molecule has 0 unspecified atom stereocenters. The molecule has 0 saturated carbocycles. The minimum Gasteiger partial charge on any atom is -0.368 e. The maximum atomic E-state index is 12.5. The van der Waals surface area contributed by atoms with Crippen LogP contribution in [0.4, 0.5) is 5.69 Å². The van der Waals surface area contributed by atoms with Gasteiger partial charge in [-0.15, -0.1) is 0 Å². The number of amides is 3. The van der Waals surface area contributed by atoms with E-state index < -0.39 is 17.4 Å². The number of rotatable bonds is 7.